The molecule has 0 bridgehead atoms. The third-order valence-electron chi connectivity index (χ3n) is 3.27. The molecular weight excluding hydrogens is 301 g/mol. The first kappa shape index (κ1) is 13.3. The molecule has 2 nitrogen and oxygen atoms in total. The molecule has 0 spiro atoms. The number of hydrogen-bond donors (Lipinski definition) is 1. The SMILES string of the molecule is CC(C)C(CI)NC(=O)CC1CCCC1. The molecule has 1 N–H and O–H groups in total. The minimum atomic E-state index is 0.261. The molecule has 1 aliphatic carbocycles. The van der Waals surface area contributed by atoms with Crippen molar-refractivity contribution in [3.8, 4) is 0 Å². The fraction of sp³-hybridized carbons (Fsp3) is 0.917. The van der Waals surface area contributed by atoms with Crippen molar-refractivity contribution in [1.29, 1.82) is 0 Å². The van der Waals surface area contributed by atoms with Crippen LogP contribution in [0.15, 0.2) is 0 Å². The summed E-state index contributed by atoms with van der Waals surface area (Å²) in [5, 5.41) is 3.15. The first-order valence-electron chi connectivity index (χ1n) is 5.98. The van der Waals surface area contributed by atoms with E-state index < -0.39 is 0 Å². The molecule has 0 aliphatic heterocycles. The number of nitrogens with one attached hydrogen (secondary N) is 1. The van der Waals surface area contributed by atoms with Crippen LogP contribution in [0.5, 0.6) is 0 Å². The normalized spacial score (nSPS) is 19.5. The molecule has 0 aromatic rings. The Morgan fingerprint density at radius 3 is 2.47 bits per heavy atom. The monoisotopic (exact) mass is 323 g/mol. The summed E-state index contributed by atoms with van der Waals surface area (Å²) < 4.78 is 1.01. The summed E-state index contributed by atoms with van der Waals surface area (Å²) >= 11 is 2.35. The van der Waals surface area contributed by atoms with Gasteiger partial charge in [0.25, 0.3) is 0 Å². The Labute approximate surface area is 107 Å². The van der Waals surface area contributed by atoms with E-state index in [4.69, 9.17) is 0 Å². The van der Waals surface area contributed by atoms with Gasteiger partial charge in [0.15, 0.2) is 0 Å². The van der Waals surface area contributed by atoms with Crippen LogP contribution >= 0.6 is 22.6 Å². The second kappa shape index (κ2) is 6.71. The Bertz CT molecular complexity index is 200. The summed E-state index contributed by atoms with van der Waals surface area (Å²) in [5.41, 5.74) is 0. The summed E-state index contributed by atoms with van der Waals surface area (Å²) in [6.45, 7) is 4.33. The zero-order valence-corrected chi connectivity index (χ0v) is 11.9. The lowest BCUT2D eigenvalue weighted by Gasteiger charge is -2.20. The molecule has 0 saturated heterocycles. The molecule has 1 aliphatic rings. The number of carbonyl (C=O) groups excluding carboxylic acids is 1. The number of carbonyl (C=O) groups is 1. The lowest BCUT2D eigenvalue weighted by molar-refractivity contribution is -0.122. The molecule has 15 heavy (non-hydrogen) atoms. The molecule has 1 unspecified atom stereocenters. The highest BCUT2D eigenvalue weighted by Gasteiger charge is 2.20. The van der Waals surface area contributed by atoms with Crippen molar-refractivity contribution in [1.82, 2.24) is 5.32 Å². The third kappa shape index (κ3) is 4.70. The molecule has 1 fully saturated rings. The van der Waals surface area contributed by atoms with Crippen LogP contribution in [0, 0.1) is 11.8 Å². The van der Waals surface area contributed by atoms with Gasteiger partial charge in [-0.2, -0.15) is 0 Å². The van der Waals surface area contributed by atoms with Gasteiger partial charge in [0.05, 0.1) is 0 Å². The maximum Gasteiger partial charge on any atom is 0.220 e. The number of rotatable bonds is 5. The zero-order chi connectivity index (χ0) is 11.3. The van der Waals surface area contributed by atoms with Crippen LogP contribution in [0.3, 0.4) is 0 Å². The van der Waals surface area contributed by atoms with Crippen LogP contribution in [0.4, 0.5) is 0 Å². The number of alkyl halides is 1. The van der Waals surface area contributed by atoms with E-state index in [1.54, 1.807) is 0 Å². The highest BCUT2D eigenvalue weighted by atomic mass is 127. The van der Waals surface area contributed by atoms with Crippen LogP contribution in [0.25, 0.3) is 0 Å². The van der Waals surface area contributed by atoms with Crippen LogP contribution in [-0.2, 0) is 4.79 Å². The van der Waals surface area contributed by atoms with Crippen molar-refractivity contribution in [3.05, 3.63) is 0 Å². The van der Waals surface area contributed by atoms with Crippen LogP contribution in [0.2, 0.25) is 0 Å². The Morgan fingerprint density at radius 2 is 2.00 bits per heavy atom. The van der Waals surface area contributed by atoms with Gasteiger partial charge in [0, 0.05) is 16.9 Å². The molecule has 0 radical (unpaired) electrons. The van der Waals surface area contributed by atoms with E-state index in [0.29, 0.717) is 17.9 Å². The number of halogens is 1. The Balaban J connectivity index is 2.27. The minimum Gasteiger partial charge on any atom is -0.352 e. The fourth-order valence-electron chi connectivity index (χ4n) is 2.13. The molecule has 0 aromatic heterocycles. The van der Waals surface area contributed by atoms with Gasteiger partial charge in [-0.05, 0) is 24.7 Å². The average molecular weight is 323 g/mol. The number of amides is 1. The topological polar surface area (TPSA) is 29.1 Å². The second-order valence-corrected chi connectivity index (χ2v) is 5.81. The van der Waals surface area contributed by atoms with Gasteiger partial charge in [-0.25, -0.2) is 0 Å². The van der Waals surface area contributed by atoms with Crippen LogP contribution in [0.1, 0.15) is 46.0 Å². The van der Waals surface area contributed by atoms with E-state index in [2.05, 4.69) is 41.8 Å². The maximum absolute atomic E-state index is 11.8. The summed E-state index contributed by atoms with van der Waals surface area (Å²) in [6, 6.07) is 0.347. The molecule has 1 amide bonds. The van der Waals surface area contributed by atoms with Crippen molar-refractivity contribution in [2.24, 2.45) is 11.8 Å². The van der Waals surface area contributed by atoms with Crippen molar-refractivity contribution in [2.75, 3.05) is 4.43 Å². The first-order valence-corrected chi connectivity index (χ1v) is 7.51. The average Bonchev–Trinajstić information content (AvgIpc) is 2.66. The van der Waals surface area contributed by atoms with Gasteiger partial charge in [-0.1, -0.05) is 49.3 Å². The van der Waals surface area contributed by atoms with E-state index in [1.807, 2.05) is 0 Å². The smallest absolute Gasteiger partial charge is 0.220 e. The molecule has 1 atom stereocenters. The second-order valence-electron chi connectivity index (χ2n) is 4.93. The molecule has 88 valence electrons. The summed E-state index contributed by atoms with van der Waals surface area (Å²) in [7, 11) is 0. The van der Waals surface area contributed by atoms with Gasteiger partial charge in [0.2, 0.25) is 5.91 Å². The molecule has 0 aromatic carbocycles. The molecule has 1 saturated carbocycles. The predicted molar refractivity (Wildman–Crippen MR) is 72.2 cm³/mol. The molecule has 3 heteroatoms. The summed E-state index contributed by atoms with van der Waals surface area (Å²) in [4.78, 5) is 11.8. The summed E-state index contributed by atoms with van der Waals surface area (Å²) in [6.07, 6.45) is 5.89. The van der Waals surface area contributed by atoms with Crippen molar-refractivity contribution in [2.45, 2.75) is 52.0 Å². The van der Waals surface area contributed by atoms with Crippen molar-refractivity contribution < 1.29 is 4.79 Å². The predicted octanol–water partition coefficient (Wildman–Crippen LogP) is 3.14. The third-order valence-corrected chi connectivity index (χ3v) is 4.22. The fourth-order valence-corrected chi connectivity index (χ4v) is 3.36. The molecular formula is C12H22INO. The highest BCUT2D eigenvalue weighted by Crippen LogP contribution is 2.27. The Morgan fingerprint density at radius 1 is 1.40 bits per heavy atom. The van der Waals surface area contributed by atoms with Crippen LogP contribution < -0.4 is 5.32 Å². The molecule has 1 rings (SSSR count). The maximum atomic E-state index is 11.8. The van der Waals surface area contributed by atoms with E-state index in [0.717, 1.165) is 10.8 Å². The largest absolute Gasteiger partial charge is 0.352 e. The van der Waals surface area contributed by atoms with E-state index in [9.17, 15) is 4.79 Å². The quantitative estimate of drug-likeness (QED) is 0.611. The van der Waals surface area contributed by atoms with E-state index >= 15 is 0 Å². The van der Waals surface area contributed by atoms with Crippen molar-refractivity contribution >= 4 is 28.5 Å². The van der Waals surface area contributed by atoms with Gasteiger partial charge in [-0.15, -0.1) is 0 Å². The lowest BCUT2D eigenvalue weighted by Crippen LogP contribution is -2.40. The van der Waals surface area contributed by atoms with Crippen molar-refractivity contribution in [3.63, 3.8) is 0 Å². The lowest BCUT2D eigenvalue weighted by atomic mass is 10.0. The first-order chi connectivity index (χ1) is 7.13. The van der Waals surface area contributed by atoms with Gasteiger partial charge >= 0.3 is 0 Å². The van der Waals surface area contributed by atoms with Gasteiger partial charge in [-0.3, -0.25) is 4.79 Å². The van der Waals surface area contributed by atoms with Crippen LogP contribution in [-0.4, -0.2) is 16.4 Å². The number of hydrogen-bond acceptors (Lipinski definition) is 1. The highest BCUT2D eigenvalue weighted by molar-refractivity contribution is 14.1. The van der Waals surface area contributed by atoms with Gasteiger partial charge < -0.3 is 5.32 Å². The van der Waals surface area contributed by atoms with E-state index in [1.165, 1.54) is 25.7 Å². The zero-order valence-electron chi connectivity index (χ0n) is 9.76. The minimum absolute atomic E-state index is 0.261. The Kier molecular flexibility index (Phi) is 5.94. The van der Waals surface area contributed by atoms with Gasteiger partial charge in [0.1, 0.15) is 0 Å². The summed E-state index contributed by atoms with van der Waals surface area (Å²) in [5.74, 6) is 1.46. The Hall–Kier alpha value is 0.200. The molecule has 0 heterocycles. The standard InChI is InChI=1S/C12H22INO/c1-9(2)11(8-13)14-12(15)7-10-5-3-4-6-10/h9-11H,3-8H2,1-2H3,(H,14,15). The van der Waals surface area contributed by atoms with E-state index in [-0.39, 0.29) is 5.91 Å².